The fourth-order valence-electron chi connectivity index (χ4n) is 2.89. The molecule has 1 rings (SSSR count). The standard InChI is InChI=1S/C16H36N4.4ClH/c1-3-17-11-5-13-19-15-7-9-16(10-8-15)20-14-6-12-18-4-2;;;;/h15-20H,3-14H2,1-2H3;4*1H. The topological polar surface area (TPSA) is 48.1 Å². The highest BCUT2D eigenvalue weighted by Crippen LogP contribution is 2.18. The van der Waals surface area contributed by atoms with Gasteiger partial charge in [0.05, 0.1) is 0 Å². The molecule has 0 atom stereocenters. The summed E-state index contributed by atoms with van der Waals surface area (Å²) in [4.78, 5) is 0. The van der Waals surface area contributed by atoms with Crippen LogP contribution in [0.1, 0.15) is 52.4 Å². The van der Waals surface area contributed by atoms with Crippen LogP contribution in [0.5, 0.6) is 0 Å². The van der Waals surface area contributed by atoms with Gasteiger partial charge in [0.1, 0.15) is 0 Å². The number of hydrogen-bond donors (Lipinski definition) is 4. The van der Waals surface area contributed by atoms with Crippen molar-refractivity contribution >= 4 is 49.6 Å². The average molecular weight is 430 g/mol. The first-order chi connectivity index (χ1) is 9.86. The first-order valence-corrected chi connectivity index (χ1v) is 8.75. The summed E-state index contributed by atoms with van der Waals surface area (Å²) in [7, 11) is 0. The third-order valence-electron chi connectivity index (χ3n) is 4.15. The Balaban J connectivity index is -0.000000500. The fraction of sp³-hybridized carbons (Fsp3) is 1.00. The number of rotatable bonds is 12. The molecule has 0 aromatic carbocycles. The molecule has 0 unspecified atom stereocenters. The third kappa shape index (κ3) is 17.8. The molecule has 4 N–H and O–H groups in total. The number of halogens is 4. The van der Waals surface area contributed by atoms with E-state index in [0.717, 1.165) is 38.3 Å². The van der Waals surface area contributed by atoms with E-state index in [9.17, 15) is 0 Å². The van der Waals surface area contributed by atoms with Crippen molar-refractivity contribution in [2.45, 2.75) is 64.5 Å². The zero-order valence-electron chi connectivity index (χ0n) is 15.3. The predicted octanol–water partition coefficient (Wildman–Crippen LogP) is 3.16. The second-order valence-corrected chi connectivity index (χ2v) is 5.87. The lowest BCUT2D eigenvalue weighted by Crippen LogP contribution is -2.41. The number of nitrogens with one attached hydrogen (secondary N) is 4. The Hall–Kier alpha value is 1.00. The van der Waals surface area contributed by atoms with E-state index in [0.29, 0.717) is 0 Å². The van der Waals surface area contributed by atoms with Crippen molar-refractivity contribution in [3.05, 3.63) is 0 Å². The quantitative estimate of drug-likeness (QED) is 0.360. The molecule has 0 radical (unpaired) electrons. The highest BCUT2D eigenvalue weighted by atomic mass is 35.5. The summed E-state index contributed by atoms with van der Waals surface area (Å²) < 4.78 is 0. The third-order valence-corrected chi connectivity index (χ3v) is 4.15. The van der Waals surface area contributed by atoms with E-state index in [1.54, 1.807) is 0 Å². The summed E-state index contributed by atoms with van der Waals surface area (Å²) >= 11 is 0. The molecule has 8 heteroatoms. The van der Waals surface area contributed by atoms with Crippen molar-refractivity contribution < 1.29 is 0 Å². The van der Waals surface area contributed by atoms with Crippen LogP contribution in [0.25, 0.3) is 0 Å². The lowest BCUT2D eigenvalue weighted by Gasteiger charge is -2.30. The van der Waals surface area contributed by atoms with Crippen molar-refractivity contribution in [2.75, 3.05) is 39.3 Å². The molecule has 4 nitrogen and oxygen atoms in total. The maximum Gasteiger partial charge on any atom is 0.00682 e. The van der Waals surface area contributed by atoms with Crippen LogP contribution in [0.2, 0.25) is 0 Å². The normalized spacial score (nSPS) is 19.2. The molecule has 1 saturated carbocycles. The molecule has 0 aromatic rings. The molecule has 1 aliphatic rings. The SMILES string of the molecule is CCNCCCNC1CCC(NCCCNCC)CC1.Cl.Cl.Cl.Cl. The largest absolute Gasteiger partial charge is 0.317 e. The van der Waals surface area contributed by atoms with Crippen molar-refractivity contribution in [3.63, 3.8) is 0 Å². The zero-order valence-corrected chi connectivity index (χ0v) is 18.5. The van der Waals surface area contributed by atoms with Gasteiger partial charge in [-0.1, -0.05) is 13.8 Å². The van der Waals surface area contributed by atoms with Crippen LogP contribution in [0.15, 0.2) is 0 Å². The van der Waals surface area contributed by atoms with Crippen molar-refractivity contribution in [1.29, 1.82) is 0 Å². The van der Waals surface area contributed by atoms with Crippen LogP contribution in [0.4, 0.5) is 0 Å². The molecule has 1 aliphatic carbocycles. The Morgan fingerprint density at radius 3 is 1.21 bits per heavy atom. The van der Waals surface area contributed by atoms with E-state index >= 15 is 0 Å². The van der Waals surface area contributed by atoms with Gasteiger partial charge < -0.3 is 21.3 Å². The molecule has 0 heterocycles. The van der Waals surface area contributed by atoms with E-state index in [2.05, 4.69) is 35.1 Å². The lowest BCUT2D eigenvalue weighted by molar-refractivity contribution is 0.306. The van der Waals surface area contributed by atoms with Gasteiger partial charge in [-0.3, -0.25) is 0 Å². The van der Waals surface area contributed by atoms with Gasteiger partial charge in [-0.2, -0.15) is 0 Å². The van der Waals surface area contributed by atoms with Crippen LogP contribution in [-0.2, 0) is 0 Å². The van der Waals surface area contributed by atoms with Gasteiger partial charge in [0.2, 0.25) is 0 Å². The summed E-state index contributed by atoms with van der Waals surface area (Å²) in [6.45, 7) is 11.1. The van der Waals surface area contributed by atoms with Gasteiger partial charge in [-0.15, -0.1) is 49.6 Å². The van der Waals surface area contributed by atoms with Crippen LogP contribution in [-0.4, -0.2) is 51.4 Å². The van der Waals surface area contributed by atoms with Gasteiger partial charge in [-0.25, -0.2) is 0 Å². The molecule has 0 saturated heterocycles. The van der Waals surface area contributed by atoms with Crippen LogP contribution in [0, 0.1) is 0 Å². The first kappa shape index (κ1) is 32.7. The molecular formula is C16H40Cl4N4. The minimum Gasteiger partial charge on any atom is -0.317 e. The molecule has 0 spiro atoms. The Labute approximate surface area is 174 Å². The molecular weight excluding hydrogens is 390 g/mol. The van der Waals surface area contributed by atoms with Gasteiger partial charge in [0.25, 0.3) is 0 Å². The molecule has 0 amide bonds. The summed E-state index contributed by atoms with van der Waals surface area (Å²) in [6, 6.07) is 1.52. The van der Waals surface area contributed by atoms with Crippen molar-refractivity contribution in [1.82, 2.24) is 21.3 Å². The van der Waals surface area contributed by atoms with Crippen LogP contribution in [0.3, 0.4) is 0 Å². The van der Waals surface area contributed by atoms with Crippen molar-refractivity contribution in [2.24, 2.45) is 0 Å². The van der Waals surface area contributed by atoms with E-state index in [1.807, 2.05) is 0 Å². The van der Waals surface area contributed by atoms with Gasteiger partial charge >= 0.3 is 0 Å². The van der Waals surface area contributed by atoms with Gasteiger partial charge in [-0.05, 0) is 77.8 Å². The monoisotopic (exact) mass is 428 g/mol. The minimum atomic E-state index is 0. The summed E-state index contributed by atoms with van der Waals surface area (Å²) in [5.41, 5.74) is 0. The van der Waals surface area contributed by atoms with Crippen LogP contribution >= 0.6 is 49.6 Å². The Morgan fingerprint density at radius 2 is 0.917 bits per heavy atom. The van der Waals surface area contributed by atoms with E-state index in [4.69, 9.17) is 0 Å². The fourth-order valence-corrected chi connectivity index (χ4v) is 2.89. The highest BCUT2D eigenvalue weighted by molar-refractivity contribution is 5.86. The van der Waals surface area contributed by atoms with Gasteiger partial charge in [0, 0.05) is 12.1 Å². The summed E-state index contributed by atoms with van der Waals surface area (Å²) in [5, 5.41) is 14.2. The second-order valence-electron chi connectivity index (χ2n) is 5.87. The highest BCUT2D eigenvalue weighted by Gasteiger charge is 2.19. The maximum atomic E-state index is 3.71. The first-order valence-electron chi connectivity index (χ1n) is 8.75. The molecule has 24 heavy (non-hydrogen) atoms. The van der Waals surface area contributed by atoms with E-state index in [1.165, 1.54) is 51.6 Å². The minimum absolute atomic E-state index is 0. The summed E-state index contributed by atoms with van der Waals surface area (Å²) in [5.74, 6) is 0. The molecule has 1 fully saturated rings. The zero-order chi connectivity index (χ0) is 14.5. The van der Waals surface area contributed by atoms with E-state index < -0.39 is 0 Å². The molecule has 0 bridgehead atoms. The molecule has 152 valence electrons. The van der Waals surface area contributed by atoms with Gasteiger partial charge in [0.15, 0.2) is 0 Å². The molecule has 0 aliphatic heterocycles. The second kappa shape index (κ2) is 24.0. The smallest absolute Gasteiger partial charge is 0.00682 e. The van der Waals surface area contributed by atoms with Crippen LogP contribution < -0.4 is 21.3 Å². The van der Waals surface area contributed by atoms with E-state index in [-0.39, 0.29) is 49.6 Å². The Morgan fingerprint density at radius 1 is 0.583 bits per heavy atom. The lowest BCUT2D eigenvalue weighted by atomic mass is 9.91. The Kier molecular flexibility index (Phi) is 32.7. The molecule has 0 aromatic heterocycles. The maximum absolute atomic E-state index is 3.71. The predicted molar refractivity (Wildman–Crippen MR) is 117 cm³/mol. The summed E-state index contributed by atoms with van der Waals surface area (Å²) in [6.07, 6.45) is 7.85. The number of hydrogen-bond acceptors (Lipinski definition) is 4. The average Bonchev–Trinajstić information content (AvgIpc) is 2.48. The van der Waals surface area contributed by atoms with Crippen molar-refractivity contribution in [3.8, 4) is 0 Å². The Bertz CT molecular complexity index is 196.